The van der Waals surface area contributed by atoms with Crippen molar-refractivity contribution in [2.45, 2.75) is 13.3 Å². The van der Waals surface area contributed by atoms with Gasteiger partial charge in [0.25, 0.3) is 0 Å². The largest absolute Gasteiger partial charge is 0.506 e. The van der Waals surface area contributed by atoms with Gasteiger partial charge in [0, 0.05) is 9.93 Å². The molecule has 1 aromatic carbocycles. The third-order valence-electron chi connectivity index (χ3n) is 1.77. The summed E-state index contributed by atoms with van der Waals surface area (Å²) in [5, 5.41) is 13.3. The van der Waals surface area contributed by atoms with Crippen molar-refractivity contribution in [1.82, 2.24) is 0 Å². The molecule has 0 aliphatic heterocycles. The van der Waals surface area contributed by atoms with E-state index in [1.165, 1.54) is 6.07 Å². The van der Waals surface area contributed by atoms with Gasteiger partial charge in [-0.05, 0) is 23.6 Å². The highest BCUT2D eigenvalue weighted by atomic mass is 35.5. The Morgan fingerprint density at radius 1 is 1.57 bits per heavy atom. The minimum Gasteiger partial charge on any atom is -0.506 e. The number of hydrogen-bond donors (Lipinski definition) is 1. The number of aromatic hydroxyl groups is 1. The van der Waals surface area contributed by atoms with Crippen LogP contribution in [-0.4, -0.2) is 5.11 Å². The van der Waals surface area contributed by atoms with E-state index in [1.54, 1.807) is 0 Å². The highest BCUT2D eigenvalue weighted by Crippen LogP contribution is 2.40. The molecule has 0 saturated carbocycles. The lowest BCUT2D eigenvalue weighted by Crippen LogP contribution is -1.85. The molecule has 0 saturated heterocycles. The van der Waals surface area contributed by atoms with Crippen molar-refractivity contribution >= 4 is 28.9 Å². The Balaban J connectivity index is 3.47. The van der Waals surface area contributed by atoms with Gasteiger partial charge >= 0.3 is 0 Å². The van der Waals surface area contributed by atoms with E-state index in [0.29, 0.717) is 17.0 Å². The monoisotopic (exact) mass is 231 g/mol. The Labute approximate surface area is 90.7 Å². The van der Waals surface area contributed by atoms with Crippen LogP contribution in [0.25, 0.3) is 10.4 Å². The first-order valence-electron chi connectivity index (χ1n) is 3.86. The maximum Gasteiger partial charge on any atom is 0.144 e. The van der Waals surface area contributed by atoms with E-state index in [4.69, 9.17) is 28.7 Å². The van der Waals surface area contributed by atoms with Gasteiger partial charge in [-0.15, -0.1) is 0 Å². The number of nitrogens with zero attached hydrogens (tertiary/aromatic N) is 3. The predicted molar refractivity (Wildman–Crippen MR) is 56.3 cm³/mol. The Bertz CT molecular complexity index is 414. The first kappa shape index (κ1) is 11.0. The zero-order valence-electron chi connectivity index (χ0n) is 7.33. The molecule has 1 rings (SSSR count). The summed E-state index contributed by atoms with van der Waals surface area (Å²) in [6, 6.07) is 1.39. The summed E-state index contributed by atoms with van der Waals surface area (Å²) in [6.45, 7) is 1.86. The summed E-state index contributed by atoms with van der Waals surface area (Å²) in [5.74, 6) is -0.231. The van der Waals surface area contributed by atoms with Crippen molar-refractivity contribution in [3.8, 4) is 5.75 Å². The van der Waals surface area contributed by atoms with Gasteiger partial charge in [-0.2, -0.15) is 0 Å². The fourth-order valence-electron chi connectivity index (χ4n) is 1.08. The molecule has 0 fully saturated rings. The second-order valence-corrected chi connectivity index (χ2v) is 3.35. The maximum absolute atomic E-state index is 9.51. The summed E-state index contributed by atoms with van der Waals surface area (Å²) in [7, 11) is 0. The van der Waals surface area contributed by atoms with Crippen LogP contribution in [0.2, 0.25) is 10.0 Å². The molecule has 14 heavy (non-hydrogen) atoms. The van der Waals surface area contributed by atoms with E-state index >= 15 is 0 Å². The van der Waals surface area contributed by atoms with Crippen LogP contribution in [0.3, 0.4) is 0 Å². The van der Waals surface area contributed by atoms with Crippen molar-refractivity contribution < 1.29 is 5.11 Å². The molecule has 6 heteroatoms. The molecular formula is C8H7Cl2N3O. The van der Waals surface area contributed by atoms with Gasteiger partial charge in [0.15, 0.2) is 0 Å². The lowest BCUT2D eigenvalue weighted by molar-refractivity contribution is 0.476. The van der Waals surface area contributed by atoms with Crippen LogP contribution in [0.1, 0.15) is 12.5 Å². The summed E-state index contributed by atoms with van der Waals surface area (Å²) in [4.78, 5) is 2.55. The maximum atomic E-state index is 9.51. The summed E-state index contributed by atoms with van der Waals surface area (Å²) in [6.07, 6.45) is 0.599. The topological polar surface area (TPSA) is 69.0 Å². The third-order valence-corrected chi connectivity index (χ3v) is 2.52. The Morgan fingerprint density at radius 2 is 2.21 bits per heavy atom. The van der Waals surface area contributed by atoms with E-state index in [1.807, 2.05) is 6.92 Å². The normalized spacial score (nSPS) is 9.64. The van der Waals surface area contributed by atoms with Crippen molar-refractivity contribution in [3.05, 3.63) is 32.1 Å². The van der Waals surface area contributed by atoms with E-state index in [9.17, 15) is 5.11 Å². The lowest BCUT2D eigenvalue weighted by Gasteiger charge is -2.08. The van der Waals surface area contributed by atoms with Gasteiger partial charge in [0.1, 0.15) is 5.75 Å². The minimum absolute atomic E-state index is 0.0414. The van der Waals surface area contributed by atoms with Crippen molar-refractivity contribution in [2.24, 2.45) is 5.11 Å². The van der Waals surface area contributed by atoms with E-state index in [2.05, 4.69) is 10.0 Å². The average Bonchev–Trinajstić information content (AvgIpc) is 2.15. The van der Waals surface area contributed by atoms with Gasteiger partial charge in [-0.1, -0.05) is 35.2 Å². The van der Waals surface area contributed by atoms with Crippen LogP contribution in [-0.2, 0) is 6.42 Å². The molecule has 1 N–H and O–H groups in total. The summed E-state index contributed by atoms with van der Waals surface area (Å²) >= 11 is 11.7. The molecule has 0 spiro atoms. The minimum atomic E-state index is -0.231. The van der Waals surface area contributed by atoms with Crippen LogP contribution in [0.4, 0.5) is 5.69 Å². The molecule has 0 amide bonds. The van der Waals surface area contributed by atoms with Gasteiger partial charge < -0.3 is 5.11 Å². The van der Waals surface area contributed by atoms with Gasteiger partial charge in [-0.25, -0.2) is 0 Å². The zero-order valence-corrected chi connectivity index (χ0v) is 8.84. The first-order chi connectivity index (χ1) is 6.61. The molecule has 4 nitrogen and oxygen atoms in total. The second kappa shape index (κ2) is 4.42. The van der Waals surface area contributed by atoms with Crippen LogP contribution in [0.5, 0.6) is 5.75 Å². The molecule has 74 valence electrons. The quantitative estimate of drug-likeness (QED) is 0.463. The standard InChI is InChI=1S/C8H7Cl2N3O/c1-2-4-5(9)3-6(12-13-11)8(14)7(4)10/h3,14H,2H2,1H3. The molecule has 0 aromatic heterocycles. The predicted octanol–water partition coefficient (Wildman–Crippen LogP) is 4.20. The van der Waals surface area contributed by atoms with Crippen molar-refractivity contribution in [1.29, 1.82) is 0 Å². The van der Waals surface area contributed by atoms with Crippen molar-refractivity contribution in [2.75, 3.05) is 0 Å². The highest BCUT2D eigenvalue weighted by molar-refractivity contribution is 6.37. The number of halogens is 2. The molecular weight excluding hydrogens is 225 g/mol. The van der Waals surface area contributed by atoms with Crippen LogP contribution >= 0.6 is 23.2 Å². The molecule has 0 aliphatic carbocycles. The van der Waals surface area contributed by atoms with Gasteiger partial charge in [-0.3, -0.25) is 0 Å². The van der Waals surface area contributed by atoms with E-state index in [0.717, 1.165) is 0 Å². The fraction of sp³-hybridized carbons (Fsp3) is 0.250. The van der Waals surface area contributed by atoms with Crippen LogP contribution in [0.15, 0.2) is 11.2 Å². The Hall–Kier alpha value is -1.09. The SMILES string of the molecule is CCc1c(Cl)cc(N=[N+]=[N-])c(O)c1Cl. The smallest absolute Gasteiger partial charge is 0.144 e. The summed E-state index contributed by atoms with van der Waals surface area (Å²) < 4.78 is 0. The Kier molecular flexibility index (Phi) is 3.47. The Morgan fingerprint density at radius 3 is 2.71 bits per heavy atom. The number of azide groups is 1. The third kappa shape index (κ3) is 1.87. The molecule has 1 aromatic rings. The number of phenols is 1. The molecule has 0 heterocycles. The average molecular weight is 232 g/mol. The number of rotatable bonds is 2. The van der Waals surface area contributed by atoms with Crippen LogP contribution < -0.4 is 0 Å². The number of hydrogen-bond acceptors (Lipinski definition) is 2. The molecule has 0 bridgehead atoms. The van der Waals surface area contributed by atoms with E-state index in [-0.39, 0.29) is 16.5 Å². The van der Waals surface area contributed by atoms with Gasteiger partial charge in [0.05, 0.1) is 10.7 Å². The second-order valence-electron chi connectivity index (χ2n) is 2.56. The molecule has 0 unspecified atom stereocenters. The zero-order chi connectivity index (χ0) is 10.7. The molecule has 0 atom stereocenters. The van der Waals surface area contributed by atoms with Gasteiger partial charge in [0.2, 0.25) is 0 Å². The highest BCUT2D eigenvalue weighted by Gasteiger charge is 2.12. The van der Waals surface area contributed by atoms with Crippen LogP contribution in [0, 0.1) is 0 Å². The summed E-state index contributed by atoms with van der Waals surface area (Å²) in [5.41, 5.74) is 8.90. The number of phenolic OH excluding ortho intramolecular Hbond substituents is 1. The molecule has 0 radical (unpaired) electrons. The fourth-order valence-corrected chi connectivity index (χ4v) is 1.80. The molecule has 0 aliphatic rings. The van der Waals surface area contributed by atoms with Crippen molar-refractivity contribution in [3.63, 3.8) is 0 Å². The number of benzene rings is 1. The lowest BCUT2D eigenvalue weighted by atomic mass is 10.1. The van der Waals surface area contributed by atoms with E-state index < -0.39 is 0 Å². The first-order valence-corrected chi connectivity index (χ1v) is 4.62.